The van der Waals surface area contributed by atoms with Gasteiger partial charge in [-0.1, -0.05) is 42.5 Å². The maximum atomic E-state index is 12.2. The Morgan fingerprint density at radius 1 is 0.828 bits per heavy atom. The summed E-state index contributed by atoms with van der Waals surface area (Å²) < 4.78 is 5.28. The number of benzene rings is 2. The molecule has 7 heteroatoms. The largest absolute Gasteiger partial charge is 0.466 e. The minimum absolute atomic E-state index is 0.275. The third-order valence-electron chi connectivity index (χ3n) is 4.26. The molecule has 0 aliphatic carbocycles. The Bertz CT molecular complexity index is 1020. The van der Waals surface area contributed by atoms with Crippen molar-refractivity contribution in [3.8, 4) is 11.1 Å². The molecule has 1 aromatic heterocycles. The van der Waals surface area contributed by atoms with E-state index >= 15 is 0 Å². The summed E-state index contributed by atoms with van der Waals surface area (Å²) in [6.45, 7) is 3.11. The second kappa shape index (κ2) is 8.88. The minimum Gasteiger partial charge on any atom is -0.466 e. The molecular formula is C22H21N3O4. The van der Waals surface area contributed by atoms with Gasteiger partial charge in [0.05, 0.1) is 12.1 Å². The van der Waals surface area contributed by atoms with E-state index in [0.717, 1.165) is 11.1 Å². The summed E-state index contributed by atoms with van der Waals surface area (Å²) in [7, 11) is 0. The second-order valence-corrected chi connectivity index (χ2v) is 6.46. The van der Waals surface area contributed by atoms with Crippen molar-refractivity contribution in [3.05, 3.63) is 83.3 Å². The van der Waals surface area contributed by atoms with Crippen LogP contribution in [0, 0.1) is 13.8 Å². The Kier molecular flexibility index (Phi) is 6.09. The summed E-state index contributed by atoms with van der Waals surface area (Å²) in [5.74, 6) is -0.362. The van der Waals surface area contributed by atoms with Crippen LogP contribution in [0.3, 0.4) is 0 Å². The lowest BCUT2D eigenvalue weighted by Crippen LogP contribution is -2.46. The molecule has 0 saturated heterocycles. The first-order valence-corrected chi connectivity index (χ1v) is 9.04. The van der Waals surface area contributed by atoms with E-state index in [-0.39, 0.29) is 12.5 Å². The van der Waals surface area contributed by atoms with Gasteiger partial charge >= 0.3 is 0 Å². The van der Waals surface area contributed by atoms with E-state index in [4.69, 9.17) is 4.42 Å². The number of hydrazine groups is 1. The van der Waals surface area contributed by atoms with Gasteiger partial charge in [0.2, 0.25) is 0 Å². The van der Waals surface area contributed by atoms with Crippen LogP contribution in [-0.2, 0) is 4.79 Å². The van der Waals surface area contributed by atoms with Crippen molar-refractivity contribution >= 4 is 17.7 Å². The summed E-state index contributed by atoms with van der Waals surface area (Å²) in [5, 5.41) is 2.52. The molecule has 0 radical (unpaired) electrons. The third kappa shape index (κ3) is 5.10. The smallest absolute Gasteiger partial charge is 0.273 e. The lowest BCUT2D eigenvalue weighted by atomic mass is 10.0. The molecular weight excluding hydrogens is 370 g/mol. The molecule has 3 aromatic rings. The van der Waals surface area contributed by atoms with Gasteiger partial charge in [0.25, 0.3) is 17.7 Å². The fraction of sp³-hybridized carbons (Fsp3) is 0.136. The fourth-order valence-corrected chi connectivity index (χ4v) is 2.80. The van der Waals surface area contributed by atoms with Gasteiger partial charge < -0.3 is 9.73 Å². The molecule has 1 heterocycles. The highest BCUT2D eigenvalue weighted by molar-refractivity contribution is 5.98. The monoisotopic (exact) mass is 391 g/mol. The Hall–Kier alpha value is -3.87. The topological polar surface area (TPSA) is 100 Å². The average molecular weight is 391 g/mol. The van der Waals surface area contributed by atoms with Crippen LogP contribution in [0.5, 0.6) is 0 Å². The molecule has 0 atom stereocenters. The summed E-state index contributed by atoms with van der Waals surface area (Å²) in [6, 6.07) is 18.5. The van der Waals surface area contributed by atoms with Gasteiger partial charge in [-0.05, 0) is 43.2 Å². The van der Waals surface area contributed by atoms with Gasteiger partial charge in [0, 0.05) is 5.56 Å². The van der Waals surface area contributed by atoms with Gasteiger partial charge in [0.15, 0.2) is 0 Å². The maximum Gasteiger partial charge on any atom is 0.273 e. The van der Waals surface area contributed by atoms with Gasteiger partial charge in [-0.25, -0.2) is 0 Å². The molecule has 2 aromatic carbocycles. The van der Waals surface area contributed by atoms with Crippen molar-refractivity contribution in [2.24, 2.45) is 0 Å². The van der Waals surface area contributed by atoms with E-state index in [2.05, 4.69) is 16.2 Å². The van der Waals surface area contributed by atoms with E-state index in [9.17, 15) is 14.4 Å². The van der Waals surface area contributed by atoms with Crippen molar-refractivity contribution in [2.45, 2.75) is 13.8 Å². The average Bonchev–Trinajstić information content (AvgIpc) is 3.09. The van der Waals surface area contributed by atoms with E-state index in [1.165, 1.54) is 0 Å². The van der Waals surface area contributed by atoms with Crippen LogP contribution in [-0.4, -0.2) is 24.3 Å². The van der Waals surface area contributed by atoms with E-state index in [1.807, 2.05) is 42.5 Å². The van der Waals surface area contributed by atoms with Crippen LogP contribution in [0.15, 0.2) is 65.1 Å². The predicted molar refractivity (Wildman–Crippen MR) is 108 cm³/mol. The summed E-state index contributed by atoms with van der Waals surface area (Å²) in [6.07, 6.45) is 0. The molecule has 0 aliphatic rings. The van der Waals surface area contributed by atoms with Gasteiger partial charge in [-0.15, -0.1) is 0 Å². The van der Waals surface area contributed by atoms with E-state index in [0.29, 0.717) is 22.6 Å². The molecule has 0 unspecified atom stereocenters. The molecule has 0 aliphatic heterocycles. The Balaban J connectivity index is 1.48. The van der Waals surface area contributed by atoms with E-state index < -0.39 is 11.8 Å². The highest BCUT2D eigenvalue weighted by atomic mass is 16.3. The first-order valence-electron chi connectivity index (χ1n) is 9.04. The van der Waals surface area contributed by atoms with Crippen LogP contribution < -0.4 is 16.2 Å². The number of nitrogens with one attached hydrogen (secondary N) is 3. The molecule has 0 saturated carbocycles. The summed E-state index contributed by atoms with van der Waals surface area (Å²) >= 11 is 0. The third-order valence-corrected chi connectivity index (χ3v) is 4.26. The van der Waals surface area contributed by atoms with Gasteiger partial charge in [-0.2, -0.15) is 0 Å². The number of amides is 3. The van der Waals surface area contributed by atoms with Crippen molar-refractivity contribution < 1.29 is 18.8 Å². The van der Waals surface area contributed by atoms with E-state index in [1.54, 1.807) is 32.0 Å². The molecule has 148 valence electrons. The fourth-order valence-electron chi connectivity index (χ4n) is 2.80. The van der Waals surface area contributed by atoms with Crippen LogP contribution >= 0.6 is 0 Å². The zero-order valence-electron chi connectivity index (χ0n) is 16.1. The molecule has 0 bridgehead atoms. The highest BCUT2D eigenvalue weighted by Gasteiger charge is 2.14. The zero-order chi connectivity index (χ0) is 20.8. The number of carbonyl (C=O) groups is 3. The van der Waals surface area contributed by atoms with Crippen molar-refractivity contribution in [2.75, 3.05) is 6.54 Å². The predicted octanol–water partition coefficient (Wildman–Crippen LogP) is 2.75. The lowest BCUT2D eigenvalue weighted by molar-refractivity contribution is -0.120. The molecule has 29 heavy (non-hydrogen) atoms. The standard InChI is InChI=1S/C22H21N3O4/c1-14-12-19(15(2)29-14)22(28)25-24-20(26)13-23-21(27)18-10-8-17(9-11-18)16-6-4-3-5-7-16/h3-12H,13H2,1-2H3,(H,23,27)(H,24,26)(H,25,28). The SMILES string of the molecule is Cc1cc(C(=O)NNC(=O)CNC(=O)c2ccc(-c3ccccc3)cc2)c(C)o1. The van der Waals surface area contributed by atoms with Gasteiger partial charge in [-0.3, -0.25) is 25.2 Å². The first-order chi connectivity index (χ1) is 13.9. The molecule has 0 fully saturated rings. The van der Waals surface area contributed by atoms with Crippen molar-refractivity contribution in [3.63, 3.8) is 0 Å². The second-order valence-electron chi connectivity index (χ2n) is 6.46. The molecule has 3 N–H and O–H groups in total. The number of hydrogen-bond donors (Lipinski definition) is 3. The van der Waals surface area contributed by atoms with Crippen molar-refractivity contribution in [1.82, 2.24) is 16.2 Å². The molecule has 7 nitrogen and oxygen atoms in total. The number of aryl methyl sites for hydroxylation is 2. The molecule has 3 amide bonds. The maximum absolute atomic E-state index is 12.2. The Morgan fingerprint density at radius 3 is 2.10 bits per heavy atom. The number of carbonyl (C=O) groups excluding carboxylic acids is 3. The normalized spacial score (nSPS) is 10.3. The number of furan rings is 1. The summed E-state index contributed by atoms with van der Waals surface area (Å²) in [5.41, 5.74) is 7.37. The minimum atomic E-state index is -0.550. The first kappa shape index (κ1) is 19.9. The Morgan fingerprint density at radius 2 is 1.48 bits per heavy atom. The molecule has 0 spiro atoms. The number of rotatable bonds is 5. The van der Waals surface area contributed by atoms with Crippen molar-refractivity contribution in [1.29, 1.82) is 0 Å². The highest BCUT2D eigenvalue weighted by Crippen LogP contribution is 2.19. The number of hydrogen-bond acceptors (Lipinski definition) is 4. The Labute approximate surface area is 168 Å². The quantitative estimate of drug-likeness (QED) is 0.582. The molecule has 3 rings (SSSR count). The van der Waals surface area contributed by atoms with Crippen LogP contribution in [0.2, 0.25) is 0 Å². The van der Waals surface area contributed by atoms with Crippen LogP contribution in [0.25, 0.3) is 11.1 Å². The lowest BCUT2D eigenvalue weighted by Gasteiger charge is -2.08. The van der Waals surface area contributed by atoms with Crippen LogP contribution in [0.4, 0.5) is 0 Å². The zero-order valence-corrected chi connectivity index (χ0v) is 16.1. The van der Waals surface area contributed by atoms with Gasteiger partial charge in [0.1, 0.15) is 11.5 Å². The van der Waals surface area contributed by atoms with Crippen LogP contribution in [0.1, 0.15) is 32.2 Å². The summed E-state index contributed by atoms with van der Waals surface area (Å²) in [4.78, 5) is 36.1.